The van der Waals surface area contributed by atoms with Gasteiger partial charge in [-0.25, -0.2) is 4.98 Å². The quantitative estimate of drug-likeness (QED) is 0.672. The van der Waals surface area contributed by atoms with Gasteiger partial charge in [0.25, 0.3) is 5.56 Å². The van der Waals surface area contributed by atoms with E-state index in [4.69, 9.17) is 0 Å². The summed E-state index contributed by atoms with van der Waals surface area (Å²) in [7, 11) is 0. The van der Waals surface area contributed by atoms with E-state index in [-0.39, 0.29) is 5.56 Å². The third-order valence-corrected chi connectivity index (χ3v) is 2.50. The number of pyridine rings is 1. The molecule has 3 heterocycles. The molecule has 0 aliphatic heterocycles. The molecule has 0 aromatic carbocycles. The van der Waals surface area contributed by atoms with Crippen molar-refractivity contribution in [3.05, 3.63) is 52.5 Å². The van der Waals surface area contributed by atoms with Crippen LogP contribution in [-0.4, -0.2) is 25.1 Å². The zero-order valence-corrected chi connectivity index (χ0v) is 8.84. The highest BCUT2D eigenvalue weighted by Crippen LogP contribution is 2.11. The summed E-state index contributed by atoms with van der Waals surface area (Å²) in [4.78, 5) is 22.3. The van der Waals surface area contributed by atoms with Crippen LogP contribution in [0, 0.1) is 0 Å². The number of rotatable bonds is 2. The Morgan fingerprint density at radius 3 is 2.94 bits per heavy atom. The van der Waals surface area contributed by atoms with Crippen LogP contribution in [0.4, 0.5) is 0 Å². The Bertz CT molecular complexity index is 700. The molecule has 0 radical (unpaired) electrons. The van der Waals surface area contributed by atoms with Gasteiger partial charge in [-0.1, -0.05) is 6.07 Å². The largest absolute Gasteiger partial charge is 0.311 e. The molecule has 3 rings (SSSR count). The predicted molar refractivity (Wildman–Crippen MR) is 61.6 cm³/mol. The SMILES string of the molecule is O=c1[nH]cnc2c(Cc3ccccn3)[nH]nc12. The first-order valence-corrected chi connectivity index (χ1v) is 5.15. The molecule has 17 heavy (non-hydrogen) atoms. The molecule has 3 aromatic heterocycles. The minimum atomic E-state index is -0.237. The highest BCUT2D eigenvalue weighted by atomic mass is 16.1. The van der Waals surface area contributed by atoms with E-state index in [9.17, 15) is 4.79 Å². The van der Waals surface area contributed by atoms with Crippen LogP contribution < -0.4 is 5.56 Å². The van der Waals surface area contributed by atoms with Crippen molar-refractivity contribution in [3.8, 4) is 0 Å². The number of nitrogens with zero attached hydrogens (tertiary/aromatic N) is 3. The van der Waals surface area contributed by atoms with E-state index in [1.807, 2.05) is 18.2 Å². The Morgan fingerprint density at radius 2 is 2.12 bits per heavy atom. The molecule has 0 atom stereocenters. The first-order valence-electron chi connectivity index (χ1n) is 5.15. The van der Waals surface area contributed by atoms with Crippen LogP contribution in [0.2, 0.25) is 0 Å². The molecule has 0 aliphatic carbocycles. The van der Waals surface area contributed by atoms with Gasteiger partial charge in [-0.3, -0.25) is 14.9 Å². The van der Waals surface area contributed by atoms with Crippen LogP contribution in [0.3, 0.4) is 0 Å². The van der Waals surface area contributed by atoms with Gasteiger partial charge in [0.15, 0.2) is 5.52 Å². The summed E-state index contributed by atoms with van der Waals surface area (Å²) in [6.07, 6.45) is 3.68. The molecule has 0 unspecified atom stereocenters. The highest BCUT2D eigenvalue weighted by molar-refractivity contribution is 5.75. The van der Waals surface area contributed by atoms with Gasteiger partial charge in [0.05, 0.1) is 12.0 Å². The Hall–Kier alpha value is -2.50. The molecule has 0 saturated heterocycles. The summed E-state index contributed by atoms with van der Waals surface area (Å²) in [5, 5.41) is 6.79. The Morgan fingerprint density at radius 1 is 1.18 bits per heavy atom. The number of nitrogens with one attached hydrogen (secondary N) is 2. The van der Waals surface area contributed by atoms with Crippen molar-refractivity contribution in [3.63, 3.8) is 0 Å². The van der Waals surface area contributed by atoms with E-state index in [1.165, 1.54) is 6.33 Å². The monoisotopic (exact) mass is 227 g/mol. The van der Waals surface area contributed by atoms with E-state index in [1.54, 1.807) is 6.20 Å². The van der Waals surface area contributed by atoms with Crippen LogP contribution in [0.25, 0.3) is 11.0 Å². The summed E-state index contributed by atoms with van der Waals surface area (Å²) in [5.41, 5.74) is 2.39. The fourth-order valence-electron chi connectivity index (χ4n) is 1.70. The third-order valence-electron chi connectivity index (χ3n) is 2.50. The molecule has 0 saturated carbocycles. The maximum absolute atomic E-state index is 11.5. The van der Waals surface area contributed by atoms with Crippen molar-refractivity contribution in [2.45, 2.75) is 6.42 Å². The normalized spacial score (nSPS) is 10.8. The van der Waals surface area contributed by atoms with Gasteiger partial charge >= 0.3 is 0 Å². The standard InChI is InChI=1S/C11H9N5O/c17-11-10-9(13-6-14-11)8(15-16-10)5-7-3-1-2-4-12-7/h1-4,6H,5H2,(H,15,16)(H,13,14,17). The van der Waals surface area contributed by atoms with Gasteiger partial charge in [0, 0.05) is 18.3 Å². The lowest BCUT2D eigenvalue weighted by atomic mass is 10.2. The number of aromatic amines is 2. The van der Waals surface area contributed by atoms with E-state index in [2.05, 4.69) is 25.1 Å². The second kappa shape index (κ2) is 3.82. The van der Waals surface area contributed by atoms with E-state index >= 15 is 0 Å². The van der Waals surface area contributed by atoms with Gasteiger partial charge in [0.1, 0.15) is 5.52 Å². The number of fused-ring (bicyclic) bond motifs is 1. The zero-order chi connectivity index (χ0) is 11.7. The van der Waals surface area contributed by atoms with Crippen LogP contribution in [0.5, 0.6) is 0 Å². The summed E-state index contributed by atoms with van der Waals surface area (Å²) >= 11 is 0. The molecule has 2 N–H and O–H groups in total. The van der Waals surface area contributed by atoms with Gasteiger partial charge in [0.2, 0.25) is 0 Å². The van der Waals surface area contributed by atoms with Crippen LogP contribution in [0.15, 0.2) is 35.5 Å². The third kappa shape index (κ3) is 1.69. The van der Waals surface area contributed by atoms with Crippen molar-refractivity contribution in [2.24, 2.45) is 0 Å². The molecular formula is C11H9N5O. The number of H-pyrrole nitrogens is 2. The number of hydrogen-bond acceptors (Lipinski definition) is 4. The minimum Gasteiger partial charge on any atom is -0.311 e. The average molecular weight is 227 g/mol. The van der Waals surface area contributed by atoms with E-state index in [0.717, 1.165) is 11.4 Å². The Balaban J connectivity index is 2.08. The van der Waals surface area contributed by atoms with Crippen molar-refractivity contribution in [1.82, 2.24) is 25.1 Å². The smallest absolute Gasteiger partial charge is 0.279 e. The first kappa shape index (κ1) is 9.71. The molecule has 84 valence electrons. The van der Waals surface area contributed by atoms with Crippen molar-refractivity contribution < 1.29 is 0 Å². The number of hydrogen-bond donors (Lipinski definition) is 2. The fourth-order valence-corrected chi connectivity index (χ4v) is 1.70. The van der Waals surface area contributed by atoms with Crippen molar-refractivity contribution >= 4 is 11.0 Å². The van der Waals surface area contributed by atoms with Crippen molar-refractivity contribution in [2.75, 3.05) is 0 Å². The lowest BCUT2D eigenvalue weighted by molar-refractivity contribution is 0.976. The fraction of sp³-hybridized carbons (Fsp3) is 0.0909. The molecule has 6 nitrogen and oxygen atoms in total. The van der Waals surface area contributed by atoms with Gasteiger partial charge in [-0.05, 0) is 12.1 Å². The van der Waals surface area contributed by atoms with Crippen LogP contribution in [0.1, 0.15) is 11.4 Å². The molecule has 0 spiro atoms. The maximum atomic E-state index is 11.5. The number of aromatic nitrogens is 5. The average Bonchev–Trinajstić information content (AvgIpc) is 2.76. The Kier molecular flexibility index (Phi) is 2.18. The Labute approximate surface area is 95.8 Å². The van der Waals surface area contributed by atoms with E-state index in [0.29, 0.717) is 17.5 Å². The maximum Gasteiger partial charge on any atom is 0.279 e. The van der Waals surface area contributed by atoms with Crippen LogP contribution in [-0.2, 0) is 6.42 Å². The lowest BCUT2D eigenvalue weighted by Crippen LogP contribution is -2.05. The van der Waals surface area contributed by atoms with Gasteiger partial charge < -0.3 is 4.98 Å². The van der Waals surface area contributed by atoms with E-state index < -0.39 is 0 Å². The second-order valence-corrected chi connectivity index (χ2v) is 3.63. The van der Waals surface area contributed by atoms with Gasteiger partial charge in [-0.2, -0.15) is 5.10 Å². The summed E-state index contributed by atoms with van der Waals surface area (Å²) in [6, 6.07) is 5.69. The van der Waals surface area contributed by atoms with Gasteiger partial charge in [-0.15, -0.1) is 0 Å². The molecule has 0 bridgehead atoms. The minimum absolute atomic E-state index is 0.237. The predicted octanol–water partition coefficient (Wildman–Crippen LogP) is 0.632. The molecule has 0 amide bonds. The van der Waals surface area contributed by atoms with Crippen molar-refractivity contribution in [1.29, 1.82) is 0 Å². The summed E-state index contributed by atoms with van der Waals surface area (Å²) < 4.78 is 0. The topological polar surface area (TPSA) is 87.3 Å². The molecule has 3 aromatic rings. The van der Waals surface area contributed by atoms with Crippen LogP contribution >= 0.6 is 0 Å². The highest BCUT2D eigenvalue weighted by Gasteiger charge is 2.10. The summed E-state index contributed by atoms with van der Waals surface area (Å²) in [5.74, 6) is 0. The molecular weight excluding hydrogens is 218 g/mol. The first-order chi connectivity index (χ1) is 8.34. The second-order valence-electron chi connectivity index (χ2n) is 3.63. The zero-order valence-electron chi connectivity index (χ0n) is 8.84. The summed E-state index contributed by atoms with van der Waals surface area (Å²) in [6.45, 7) is 0. The lowest BCUT2D eigenvalue weighted by Gasteiger charge is -1.97. The molecule has 0 fully saturated rings. The molecule has 6 heteroatoms. The molecule has 0 aliphatic rings.